The van der Waals surface area contributed by atoms with Crippen LogP contribution in [0.2, 0.25) is 0 Å². The van der Waals surface area contributed by atoms with E-state index in [1.807, 2.05) is 36.4 Å². The van der Waals surface area contributed by atoms with Crippen LogP contribution in [0.5, 0.6) is 0 Å². The van der Waals surface area contributed by atoms with E-state index in [9.17, 15) is 29.4 Å². The minimum absolute atomic E-state index is 0. The molecule has 0 amide bonds. The van der Waals surface area contributed by atoms with Crippen LogP contribution >= 0.6 is 0 Å². The average molecular weight is 1030 g/mol. The van der Waals surface area contributed by atoms with E-state index in [0.717, 1.165) is 140 Å². The first kappa shape index (κ1) is 62.8. The van der Waals surface area contributed by atoms with Crippen molar-refractivity contribution in [1.82, 2.24) is 0 Å². The van der Waals surface area contributed by atoms with Crippen molar-refractivity contribution in [2.24, 2.45) is 0 Å². The summed E-state index contributed by atoms with van der Waals surface area (Å²) in [6.45, 7) is 8.37. The van der Waals surface area contributed by atoms with Crippen LogP contribution in [0.25, 0.3) is 0 Å². The number of carbonyl (C=O) groups excluding carboxylic acids is 4. The first-order valence-corrected chi connectivity index (χ1v) is 25.1. The quantitative estimate of drug-likeness (QED) is 0.0358. The smallest absolute Gasteiger partial charge is 0.550 e. The van der Waals surface area contributed by atoms with Crippen LogP contribution in [0.15, 0.2) is 60.7 Å². The van der Waals surface area contributed by atoms with E-state index in [1.54, 1.807) is 0 Å². The van der Waals surface area contributed by atoms with Gasteiger partial charge in [-0.15, -0.1) is 0 Å². The van der Waals surface area contributed by atoms with Gasteiger partial charge in [0.25, 0.3) is 0 Å². The van der Waals surface area contributed by atoms with Crippen LogP contribution in [-0.2, 0) is 51.3 Å². The summed E-state index contributed by atoms with van der Waals surface area (Å²) in [6.07, 6.45) is 27.0. The molecule has 4 atom stereocenters. The molecular formula is C54H86BaO10. The Labute approximate surface area is 434 Å². The Morgan fingerprint density at radius 1 is 0.415 bits per heavy atom. The Balaban J connectivity index is 0.00000124. The van der Waals surface area contributed by atoms with Crippen molar-refractivity contribution in [2.75, 3.05) is 0 Å². The fourth-order valence-corrected chi connectivity index (χ4v) is 7.89. The Kier molecular flexibility index (Phi) is 42.8. The number of carboxylic acid groups (broad SMARTS) is 2. The Bertz CT molecular complexity index is 1320. The van der Waals surface area contributed by atoms with Crippen molar-refractivity contribution < 1.29 is 48.3 Å². The summed E-state index contributed by atoms with van der Waals surface area (Å²) in [7, 11) is 0. The number of carbonyl (C=O) groups is 4. The molecule has 10 nitrogen and oxygen atoms in total. The Morgan fingerprint density at radius 3 is 0.969 bits per heavy atom. The van der Waals surface area contributed by atoms with E-state index < -0.39 is 11.9 Å². The second-order valence-corrected chi connectivity index (χ2v) is 17.4. The molecule has 0 aliphatic rings. The molecule has 0 fully saturated rings. The van der Waals surface area contributed by atoms with Crippen LogP contribution in [-0.4, -0.2) is 97.2 Å². The van der Waals surface area contributed by atoms with Crippen LogP contribution in [0.1, 0.15) is 219 Å². The van der Waals surface area contributed by atoms with Crippen LogP contribution in [0.3, 0.4) is 0 Å². The van der Waals surface area contributed by atoms with E-state index in [4.69, 9.17) is 18.9 Å². The Hall–Kier alpha value is -2.19. The molecule has 2 aromatic carbocycles. The molecule has 0 saturated carbocycles. The van der Waals surface area contributed by atoms with Gasteiger partial charge in [0.2, 0.25) is 0 Å². The number of benzene rings is 2. The van der Waals surface area contributed by atoms with Crippen molar-refractivity contribution in [3.63, 3.8) is 0 Å². The minimum Gasteiger partial charge on any atom is -0.550 e. The van der Waals surface area contributed by atoms with Crippen molar-refractivity contribution in [1.29, 1.82) is 0 Å². The number of hydrogen-bond donors (Lipinski definition) is 0. The zero-order valence-electron chi connectivity index (χ0n) is 41.1. The van der Waals surface area contributed by atoms with Crippen molar-refractivity contribution in [3.05, 3.63) is 71.8 Å². The van der Waals surface area contributed by atoms with Gasteiger partial charge in [-0.3, -0.25) is 9.59 Å². The fraction of sp³-hybridized carbons (Fsp3) is 0.704. The molecule has 65 heavy (non-hydrogen) atoms. The third-order valence-electron chi connectivity index (χ3n) is 11.5. The van der Waals surface area contributed by atoms with E-state index in [-0.39, 0.29) is 98.1 Å². The topological polar surface area (TPSA) is 151 Å². The molecular weight excluding hydrogens is 946 g/mol. The predicted octanol–water partition coefficient (Wildman–Crippen LogP) is 11.1. The first-order chi connectivity index (χ1) is 31.0. The van der Waals surface area contributed by atoms with Gasteiger partial charge in [0.1, 0.15) is 12.2 Å². The zero-order valence-corrected chi connectivity index (χ0v) is 45.5. The molecule has 0 N–H and O–H groups in total. The van der Waals surface area contributed by atoms with Gasteiger partial charge in [0.15, 0.2) is 0 Å². The number of rotatable bonds is 40. The molecule has 11 heteroatoms. The second kappa shape index (κ2) is 44.3. The van der Waals surface area contributed by atoms with Crippen LogP contribution in [0, 0.1) is 0 Å². The molecule has 4 unspecified atom stereocenters. The molecule has 0 aromatic heterocycles. The van der Waals surface area contributed by atoms with Crippen molar-refractivity contribution >= 4 is 72.8 Å². The normalized spacial score (nSPS) is 12.7. The molecule has 0 aliphatic heterocycles. The molecule has 364 valence electrons. The van der Waals surface area contributed by atoms with Crippen LogP contribution < -0.4 is 10.2 Å². The van der Waals surface area contributed by atoms with Gasteiger partial charge in [-0.05, 0) is 75.3 Å². The van der Waals surface area contributed by atoms with Gasteiger partial charge < -0.3 is 38.7 Å². The van der Waals surface area contributed by atoms with Gasteiger partial charge >= 0.3 is 60.8 Å². The zero-order chi connectivity index (χ0) is 46.9. The van der Waals surface area contributed by atoms with Crippen molar-refractivity contribution in [2.45, 2.75) is 245 Å². The maximum atomic E-state index is 11.7. The monoisotopic (exact) mass is 1030 g/mol. The molecule has 0 saturated heterocycles. The molecule has 2 rings (SSSR count). The molecule has 0 bridgehead atoms. The third-order valence-corrected chi connectivity index (χ3v) is 11.5. The summed E-state index contributed by atoms with van der Waals surface area (Å²) >= 11 is 0. The average Bonchev–Trinajstić information content (AvgIpc) is 3.27. The van der Waals surface area contributed by atoms with Gasteiger partial charge in [-0.1, -0.05) is 190 Å². The molecule has 0 spiro atoms. The number of aliphatic carboxylic acids is 2. The summed E-state index contributed by atoms with van der Waals surface area (Å²) < 4.78 is 23.8. The second-order valence-electron chi connectivity index (χ2n) is 17.4. The van der Waals surface area contributed by atoms with Crippen LogP contribution in [0.4, 0.5) is 0 Å². The van der Waals surface area contributed by atoms with Crippen molar-refractivity contribution in [3.8, 4) is 0 Å². The summed E-state index contributed by atoms with van der Waals surface area (Å²) in [6, 6.07) is 20.3. The molecule has 0 aliphatic carbocycles. The number of esters is 2. The largest absolute Gasteiger partial charge is 2.00 e. The number of carboxylic acids is 2. The van der Waals surface area contributed by atoms with E-state index in [1.165, 1.54) is 52.4 Å². The third kappa shape index (κ3) is 38.5. The summed E-state index contributed by atoms with van der Waals surface area (Å²) in [4.78, 5) is 44.2. The molecule has 2 aromatic rings. The van der Waals surface area contributed by atoms with Gasteiger partial charge in [0, 0.05) is 25.8 Å². The molecule has 0 heterocycles. The number of unbranched alkanes of at least 4 members (excludes halogenated alkanes) is 18. The summed E-state index contributed by atoms with van der Waals surface area (Å²) in [5.74, 6) is -2.36. The van der Waals surface area contributed by atoms with E-state index in [0.29, 0.717) is 13.2 Å². The maximum absolute atomic E-state index is 11.7. The number of ether oxygens (including phenoxy) is 4. The minimum atomic E-state index is -0.945. The van der Waals surface area contributed by atoms with Gasteiger partial charge in [-0.2, -0.15) is 0 Å². The maximum Gasteiger partial charge on any atom is 2.00 e. The predicted molar refractivity (Wildman–Crippen MR) is 258 cm³/mol. The summed E-state index contributed by atoms with van der Waals surface area (Å²) in [5, 5.41) is 20.8. The van der Waals surface area contributed by atoms with Gasteiger partial charge in [0.05, 0.1) is 25.4 Å². The van der Waals surface area contributed by atoms with Gasteiger partial charge in [-0.25, -0.2) is 0 Å². The van der Waals surface area contributed by atoms with E-state index >= 15 is 0 Å². The first-order valence-electron chi connectivity index (χ1n) is 25.1. The molecule has 0 radical (unpaired) electrons. The standard InChI is InChI=1S/2C27H44O5.Ba/c2*1-3-4-19-25(31-22-24-17-13-12-14-18-24)26(32-23(2)28)20-15-10-8-6-5-7-9-11-16-21-27(29)30;/h2*12-14,17-18,25-26H,3-11,15-16,19-22H2,1-2H3,(H,29,30);/q;;+2/p-2. The summed E-state index contributed by atoms with van der Waals surface area (Å²) in [5.41, 5.74) is 2.27. The fourth-order valence-electron chi connectivity index (χ4n) is 7.89. The number of hydrogen-bond acceptors (Lipinski definition) is 10. The van der Waals surface area contributed by atoms with E-state index in [2.05, 4.69) is 38.1 Å². The SMILES string of the molecule is CCCCC(OCc1ccccc1)C(CCCCCCCCCCCC(=O)[O-])OC(C)=O.CCCCC(OCc1ccccc1)C(CCCCCCCCCCCC(=O)[O-])OC(C)=O.[Ba+2]. The Morgan fingerprint density at radius 2 is 0.692 bits per heavy atom.